The Bertz CT molecular complexity index is 608. The number of H-pyrrole nitrogens is 1. The first-order valence-corrected chi connectivity index (χ1v) is 4.30. The van der Waals surface area contributed by atoms with Crippen LogP contribution in [0.3, 0.4) is 0 Å². The number of hydrogen-bond acceptors (Lipinski definition) is 5. The van der Waals surface area contributed by atoms with Crippen LogP contribution >= 0.6 is 0 Å². The van der Waals surface area contributed by atoms with Crippen LogP contribution in [0.25, 0.3) is 17.0 Å². The fourth-order valence-electron chi connectivity index (χ4n) is 1.41. The average molecular weight is 201 g/mol. The number of nitrogens with zero attached hydrogens (tertiary/aromatic N) is 5. The molecule has 0 aliphatic rings. The molecule has 3 rings (SSSR count). The fourth-order valence-corrected chi connectivity index (χ4v) is 1.41. The molecule has 0 aromatic carbocycles. The van der Waals surface area contributed by atoms with E-state index in [9.17, 15) is 0 Å². The molecule has 0 unspecified atom stereocenters. The molecule has 3 aromatic rings. The molecule has 3 N–H and O–H groups in total. The van der Waals surface area contributed by atoms with Crippen molar-refractivity contribution < 1.29 is 0 Å². The third kappa shape index (κ3) is 1.06. The van der Waals surface area contributed by atoms with Crippen LogP contribution in [0.15, 0.2) is 24.8 Å². The number of anilines is 1. The van der Waals surface area contributed by atoms with E-state index in [4.69, 9.17) is 5.73 Å². The van der Waals surface area contributed by atoms with Gasteiger partial charge in [-0.3, -0.25) is 14.5 Å². The SMILES string of the molecule is Nc1[nH]ncc1-c1nnc2cnccn12. The molecule has 74 valence electrons. The Labute approximate surface area is 84.0 Å². The van der Waals surface area contributed by atoms with Gasteiger partial charge in [-0.05, 0) is 0 Å². The summed E-state index contributed by atoms with van der Waals surface area (Å²) >= 11 is 0. The van der Waals surface area contributed by atoms with Crippen LogP contribution in [0.5, 0.6) is 0 Å². The maximum atomic E-state index is 5.71. The highest BCUT2D eigenvalue weighted by Gasteiger charge is 2.11. The molecule has 7 nitrogen and oxygen atoms in total. The summed E-state index contributed by atoms with van der Waals surface area (Å²) in [5.74, 6) is 1.12. The third-order valence-corrected chi connectivity index (χ3v) is 2.12. The molecule has 0 amide bonds. The lowest BCUT2D eigenvalue weighted by Gasteiger charge is -1.96. The maximum Gasteiger partial charge on any atom is 0.179 e. The molecule has 0 bridgehead atoms. The second kappa shape index (κ2) is 2.77. The highest BCUT2D eigenvalue weighted by Crippen LogP contribution is 2.21. The van der Waals surface area contributed by atoms with E-state index >= 15 is 0 Å². The number of nitrogens with two attached hydrogens (primary N) is 1. The lowest BCUT2D eigenvalue weighted by molar-refractivity contribution is 1.10. The lowest BCUT2D eigenvalue weighted by Crippen LogP contribution is -1.92. The molecule has 15 heavy (non-hydrogen) atoms. The van der Waals surface area contributed by atoms with Crippen molar-refractivity contribution in [3.63, 3.8) is 0 Å². The summed E-state index contributed by atoms with van der Waals surface area (Å²) in [6, 6.07) is 0. The Morgan fingerprint density at radius 1 is 1.27 bits per heavy atom. The van der Waals surface area contributed by atoms with Crippen molar-refractivity contribution in [1.82, 2.24) is 29.8 Å². The molecule has 0 aliphatic heterocycles. The van der Waals surface area contributed by atoms with Gasteiger partial charge in [0.25, 0.3) is 0 Å². The standard InChI is InChI=1S/C8H7N7/c9-7-5(3-11-13-7)8-14-12-6-4-10-1-2-15(6)8/h1-4H,(H3,9,11,13). The van der Waals surface area contributed by atoms with E-state index in [1.807, 2.05) is 0 Å². The Morgan fingerprint density at radius 2 is 2.20 bits per heavy atom. The van der Waals surface area contributed by atoms with Gasteiger partial charge in [-0.1, -0.05) is 0 Å². The molecule has 0 fully saturated rings. The summed E-state index contributed by atoms with van der Waals surface area (Å²) in [6.45, 7) is 0. The first-order valence-electron chi connectivity index (χ1n) is 4.30. The van der Waals surface area contributed by atoms with Crippen molar-refractivity contribution in [3.8, 4) is 11.4 Å². The van der Waals surface area contributed by atoms with Gasteiger partial charge in [0.05, 0.1) is 18.0 Å². The minimum absolute atomic E-state index is 0.473. The van der Waals surface area contributed by atoms with Crippen LogP contribution in [0.2, 0.25) is 0 Å². The Hall–Kier alpha value is -2.44. The van der Waals surface area contributed by atoms with Crippen LogP contribution in [0, 0.1) is 0 Å². The van der Waals surface area contributed by atoms with Crippen LogP contribution in [-0.4, -0.2) is 29.8 Å². The topological polar surface area (TPSA) is 97.8 Å². The van der Waals surface area contributed by atoms with Crippen molar-refractivity contribution >= 4 is 11.5 Å². The first-order chi connectivity index (χ1) is 7.36. The van der Waals surface area contributed by atoms with Crippen molar-refractivity contribution in [2.24, 2.45) is 0 Å². The predicted molar refractivity (Wildman–Crippen MR) is 52.8 cm³/mol. The van der Waals surface area contributed by atoms with E-state index in [0.29, 0.717) is 17.3 Å². The molecule has 3 heterocycles. The van der Waals surface area contributed by atoms with Gasteiger partial charge in [-0.15, -0.1) is 10.2 Å². The lowest BCUT2D eigenvalue weighted by atomic mass is 10.3. The van der Waals surface area contributed by atoms with E-state index in [1.165, 1.54) is 0 Å². The van der Waals surface area contributed by atoms with Crippen molar-refractivity contribution in [2.75, 3.05) is 5.73 Å². The summed E-state index contributed by atoms with van der Waals surface area (Å²) < 4.78 is 1.80. The van der Waals surface area contributed by atoms with Gasteiger partial charge >= 0.3 is 0 Å². The third-order valence-electron chi connectivity index (χ3n) is 2.12. The smallest absolute Gasteiger partial charge is 0.179 e. The summed E-state index contributed by atoms with van der Waals surface area (Å²) in [7, 11) is 0. The number of fused-ring (bicyclic) bond motifs is 1. The maximum absolute atomic E-state index is 5.71. The van der Waals surface area contributed by atoms with Gasteiger partial charge in [0, 0.05) is 12.4 Å². The zero-order valence-corrected chi connectivity index (χ0v) is 7.62. The van der Waals surface area contributed by atoms with Crippen molar-refractivity contribution in [3.05, 3.63) is 24.8 Å². The average Bonchev–Trinajstić information content (AvgIpc) is 2.83. The van der Waals surface area contributed by atoms with Crippen LogP contribution in [-0.2, 0) is 0 Å². The molecule has 0 radical (unpaired) electrons. The first kappa shape index (κ1) is 7.92. The number of aromatic amines is 1. The molecule has 3 aromatic heterocycles. The monoisotopic (exact) mass is 201 g/mol. The van der Waals surface area contributed by atoms with Crippen molar-refractivity contribution in [2.45, 2.75) is 0 Å². The van der Waals surface area contributed by atoms with Crippen LogP contribution in [0.4, 0.5) is 5.82 Å². The molecular formula is C8H7N7. The van der Waals surface area contributed by atoms with Crippen LogP contribution < -0.4 is 5.73 Å². The van der Waals surface area contributed by atoms with E-state index in [-0.39, 0.29) is 0 Å². The minimum Gasteiger partial charge on any atom is -0.383 e. The minimum atomic E-state index is 0.473. The molecule has 0 atom stereocenters. The van der Waals surface area contributed by atoms with Crippen LogP contribution in [0.1, 0.15) is 0 Å². The van der Waals surface area contributed by atoms with Gasteiger partial charge < -0.3 is 5.73 Å². The quantitative estimate of drug-likeness (QED) is 0.581. The van der Waals surface area contributed by atoms with Crippen molar-refractivity contribution in [1.29, 1.82) is 0 Å². The molecule has 0 saturated heterocycles. The molecule has 0 saturated carbocycles. The van der Waals surface area contributed by atoms with E-state index in [2.05, 4.69) is 25.4 Å². The molecule has 0 aliphatic carbocycles. The highest BCUT2D eigenvalue weighted by molar-refractivity contribution is 5.68. The van der Waals surface area contributed by atoms with E-state index in [1.54, 1.807) is 29.2 Å². The number of nitrogens with one attached hydrogen (secondary N) is 1. The zero-order chi connectivity index (χ0) is 10.3. The number of hydrogen-bond donors (Lipinski definition) is 2. The largest absolute Gasteiger partial charge is 0.383 e. The summed E-state index contributed by atoms with van der Waals surface area (Å²) in [5, 5.41) is 14.5. The molecule has 0 spiro atoms. The zero-order valence-electron chi connectivity index (χ0n) is 7.62. The van der Waals surface area contributed by atoms with E-state index in [0.717, 1.165) is 5.56 Å². The van der Waals surface area contributed by atoms with E-state index < -0.39 is 0 Å². The summed E-state index contributed by atoms with van der Waals surface area (Å²) in [6.07, 6.45) is 6.69. The molecule has 7 heteroatoms. The highest BCUT2D eigenvalue weighted by atomic mass is 15.3. The fraction of sp³-hybridized carbons (Fsp3) is 0. The van der Waals surface area contributed by atoms with Gasteiger partial charge in [0.1, 0.15) is 5.82 Å². The van der Waals surface area contributed by atoms with Gasteiger partial charge in [-0.2, -0.15) is 5.10 Å². The Morgan fingerprint density at radius 3 is 3.00 bits per heavy atom. The Kier molecular flexibility index (Phi) is 1.46. The van der Waals surface area contributed by atoms with Gasteiger partial charge in [0.2, 0.25) is 0 Å². The predicted octanol–water partition coefficient (Wildman–Crippen LogP) is 0.0966. The number of rotatable bonds is 1. The second-order valence-corrected chi connectivity index (χ2v) is 3.03. The number of aromatic nitrogens is 6. The van der Waals surface area contributed by atoms with Gasteiger partial charge in [-0.25, -0.2) is 0 Å². The Balaban J connectivity index is 2.32. The number of nitrogen functional groups attached to an aromatic ring is 1. The normalized spacial score (nSPS) is 10.9. The molecular weight excluding hydrogens is 194 g/mol. The van der Waals surface area contributed by atoms with Gasteiger partial charge in [0.15, 0.2) is 11.5 Å². The second-order valence-electron chi connectivity index (χ2n) is 3.03. The summed E-state index contributed by atoms with van der Waals surface area (Å²) in [4.78, 5) is 3.95. The summed E-state index contributed by atoms with van der Waals surface area (Å²) in [5.41, 5.74) is 7.11.